The van der Waals surface area contributed by atoms with E-state index in [1.807, 2.05) is 6.92 Å². The third kappa shape index (κ3) is 7.84. The van der Waals surface area contributed by atoms with Gasteiger partial charge < -0.3 is 14.8 Å². The number of rotatable bonds is 8. The highest BCUT2D eigenvalue weighted by molar-refractivity contribution is 6.43. The Morgan fingerprint density at radius 3 is 2.23 bits per heavy atom. The van der Waals surface area contributed by atoms with E-state index in [2.05, 4.69) is 15.8 Å². The number of nitrogens with zero attached hydrogens (tertiary/aromatic N) is 1. The van der Waals surface area contributed by atoms with E-state index in [4.69, 9.17) is 32.7 Å². The van der Waals surface area contributed by atoms with E-state index >= 15 is 0 Å². The van der Waals surface area contributed by atoms with Crippen LogP contribution >= 0.6 is 23.2 Å². The Morgan fingerprint density at radius 2 is 1.57 bits per heavy atom. The first-order valence-electron chi connectivity index (χ1n) is 10.5. The van der Waals surface area contributed by atoms with Crippen molar-refractivity contribution in [2.24, 2.45) is 5.10 Å². The van der Waals surface area contributed by atoms with Crippen LogP contribution in [0.3, 0.4) is 0 Å². The maximum absolute atomic E-state index is 12.3. The summed E-state index contributed by atoms with van der Waals surface area (Å²) in [5, 5.41) is 6.71. The Morgan fingerprint density at radius 1 is 0.886 bits per heavy atom. The maximum Gasteiger partial charge on any atom is 0.343 e. The van der Waals surface area contributed by atoms with Gasteiger partial charge in [0.15, 0.2) is 0 Å². The third-order valence-electron chi connectivity index (χ3n) is 4.42. The number of ether oxygens (including phenoxy) is 2. The number of anilines is 1. The summed E-state index contributed by atoms with van der Waals surface area (Å²) in [6.45, 7) is 2.62. The number of halogens is 2. The van der Waals surface area contributed by atoms with Crippen molar-refractivity contribution in [3.8, 4) is 11.5 Å². The molecular weight excluding hydrogens is 493 g/mol. The second-order valence-corrected chi connectivity index (χ2v) is 7.93. The normalized spacial score (nSPS) is 10.6. The van der Waals surface area contributed by atoms with Gasteiger partial charge in [-0.25, -0.2) is 10.2 Å². The fraction of sp³-hybridized carbons (Fsp3) is 0.120. The van der Waals surface area contributed by atoms with Crippen molar-refractivity contribution in [2.45, 2.75) is 13.3 Å². The van der Waals surface area contributed by atoms with Crippen LogP contribution in [0.25, 0.3) is 0 Å². The summed E-state index contributed by atoms with van der Waals surface area (Å²) >= 11 is 11.7. The fourth-order valence-corrected chi connectivity index (χ4v) is 2.97. The van der Waals surface area contributed by atoms with Crippen LogP contribution in [0.2, 0.25) is 10.0 Å². The molecule has 35 heavy (non-hydrogen) atoms. The van der Waals surface area contributed by atoms with E-state index in [1.165, 1.54) is 24.4 Å². The topological polar surface area (TPSA) is 106 Å². The van der Waals surface area contributed by atoms with Crippen molar-refractivity contribution in [3.05, 3.63) is 87.9 Å². The predicted octanol–water partition coefficient (Wildman–Crippen LogP) is 5.09. The lowest BCUT2D eigenvalue weighted by molar-refractivity contribution is -0.136. The van der Waals surface area contributed by atoms with Crippen molar-refractivity contribution in [3.63, 3.8) is 0 Å². The highest BCUT2D eigenvalue weighted by atomic mass is 35.5. The molecule has 3 aromatic rings. The lowest BCUT2D eigenvalue weighted by Gasteiger charge is -2.07. The first kappa shape index (κ1) is 25.7. The largest absolute Gasteiger partial charge is 0.494 e. The molecule has 0 radical (unpaired) electrons. The van der Waals surface area contributed by atoms with Crippen LogP contribution in [0.1, 0.15) is 29.3 Å². The predicted molar refractivity (Wildman–Crippen MR) is 134 cm³/mol. The van der Waals surface area contributed by atoms with Gasteiger partial charge in [-0.05, 0) is 78.7 Å². The van der Waals surface area contributed by atoms with Crippen LogP contribution in [0.5, 0.6) is 11.5 Å². The number of benzene rings is 3. The lowest BCUT2D eigenvalue weighted by atomic mass is 10.2. The molecule has 10 heteroatoms. The van der Waals surface area contributed by atoms with Crippen molar-refractivity contribution in [1.29, 1.82) is 0 Å². The minimum atomic E-state index is -0.969. The molecule has 0 aliphatic rings. The molecule has 2 N–H and O–H groups in total. The molecule has 0 fully saturated rings. The van der Waals surface area contributed by atoms with E-state index < -0.39 is 17.8 Å². The van der Waals surface area contributed by atoms with E-state index in [0.717, 1.165) is 6.42 Å². The summed E-state index contributed by atoms with van der Waals surface area (Å²) in [6, 6.07) is 17.5. The molecule has 0 atom stereocenters. The van der Waals surface area contributed by atoms with Crippen LogP contribution in [-0.2, 0) is 9.59 Å². The van der Waals surface area contributed by atoms with Gasteiger partial charge in [-0.3, -0.25) is 9.59 Å². The van der Waals surface area contributed by atoms with Gasteiger partial charge in [-0.1, -0.05) is 30.1 Å². The maximum atomic E-state index is 12.3. The smallest absolute Gasteiger partial charge is 0.343 e. The van der Waals surface area contributed by atoms with Crippen molar-refractivity contribution in [1.82, 2.24) is 5.43 Å². The van der Waals surface area contributed by atoms with Crippen LogP contribution in [0, 0.1) is 0 Å². The Kier molecular flexibility index (Phi) is 9.23. The molecule has 8 nitrogen and oxygen atoms in total. The molecule has 0 heterocycles. The van der Waals surface area contributed by atoms with E-state index in [9.17, 15) is 14.4 Å². The van der Waals surface area contributed by atoms with Crippen LogP contribution in [-0.4, -0.2) is 30.6 Å². The highest BCUT2D eigenvalue weighted by Crippen LogP contribution is 2.25. The summed E-state index contributed by atoms with van der Waals surface area (Å²) < 4.78 is 10.9. The summed E-state index contributed by atoms with van der Waals surface area (Å²) in [4.78, 5) is 36.2. The number of amides is 2. The zero-order valence-corrected chi connectivity index (χ0v) is 20.1. The Hall–Kier alpha value is -3.88. The molecule has 0 spiro atoms. The van der Waals surface area contributed by atoms with Crippen LogP contribution in [0.15, 0.2) is 71.8 Å². The number of esters is 1. The molecule has 0 saturated heterocycles. The van der Waals surface area contributed by atoms with E-state index in [0.29, 0.717) is 39.9 Å². The zero-order chi connectivity index (χ0) is 25.2. The number of hydrogen-bond donors (Lipinski definition) is 2. The molecule has 0 aliphatic heterocycles. The molecule has 0 bridgehead atoms. The zero-order valence-electron chi connectivity index (χ0n) is 18.6. The van der Waals surface area contributed by atoms with Crippen LogP contribution < -0.4 is 20.2 Å². The Labute approximate surface area is 211 Å². The van der Waals surface area contributed by atoms with Crippen molar-refractivity contribution >= 4 is 52.9 Å². The highest BCUT2D eigenvalue weighted by Gasteiger charge is 2.13. The van der Waals surface area contributed by atoms with Crippen molar-refractivity contribution in [2.75, 3.05) is 11.9 Å². The van der Waals surface area contributed by atoms with Gasteiger partial charge in [0.1, 0.15) is 11.5 Å². The molecule has 0 aromatic heterocycles. The Bertz CT molecular complexity index is 1230. The molecule has 0 unspecified atom stereocenters. The van der Waals surface area contributed by atoms with Gasteiger partial charge >= 0.3 is 17.8 Å². The summed E-state index contributed by atoms with van der Waals surface area (Å²) in [5.74, 6) is -1.38. The molecule has 2 amide bonds. The quantitative estimate of drug-likeness (QED) is 0.143. The standard InChI is InChI=1S/C25H21Cl2N3O5/c1-2-13-34-19-10-5-17(6-11-19)25(33)35-20-8-3-16(4-9-20)15-28-30-24(32)23(31)29-18-7-12-21(26)22(27)14-18/h3-12,14-15H,2,13H2,1H3,(H,29,31)(H,30,32)/b28-15+. The summed E-state index contributed by atoms with van der Waals surface area (Å²) in [5.41, 5.74) is 3.44. The van der Waals surface area contributed by atoms with E-state index in [-0.39, 0.29) is 5.02 Å². The van der Waals surface area contributed by atoms with Gasteiger partial charge in [0.2, 0.25) is 0 Å². The van der Waals surface area contributed by atoms with Crippen molar-refractivity contribution < 1.29 is 23.9 Å². The monoisotopic (exact) mass is 513 g/mol. The molecule has 180 valence electrons. The van der Waals surface area contributed by atoms with Gasteiger partial charge in [-0.2, -0.15) is 5.10 Å². The van der Waals surface area contributed by atoms with Gasteiger partial charge in [-0.15, -0.1) is 0 Å². The fourth-order valence-electron chi connectivity index (χ4n) is 2.67. The minimum absolute atomic E-state index is 0.243. The molecule has 3 aromatic carbocycles. The first-order valence-corrected chi connectivity index (χ1v) is 11.3. The van der Waals surface area contributed by atoms with Gasteiger partial charge in [0.25, 0.3) is 0 Å². The SMILES string of the molecule is CCCOc1ccc(C(=O)Oc2ccc(/C=N/NC(=O)C(=O)Nc3ccc(Cl)c(Cl)c3)cc2)cc1. The lowest BCUT2D eigenvalue weighted by Crippen LogP contribution is -2.32. The first-order chi connectivity index (χ1) is 16.9. The molecule has 3 rings (SSSR count). The molecule has 0 aliphatic carbocycles. The minimum Gasteiger partial charge on any atom is -0.494 e. The number of carbonyl (C=O) groups is 3. The average molecular weight is 514 g/mol. The third-order valence-corrected chi connectivity index (χ3v) is 5.16. The number of nitrogens with one attached hydrogen (secondary N) is 2. The second-order valence-electron chi connectivity index (χ2n) is 7.11. The number of carbonyl (C=O) groups excluding carboxylic acids is 3. The summed E-state index contributed by atoms with van der Waals surface area (Å²) in [6.07, 6.45) is 2.23. The van der Waals surface area contributed by atoms with Gasteiger partial charge in [0, 0.05) is 5.69 Å². The average Bonchev–Trinajstić information content (AvgIpc) is 2.86. The van der Waals surface area contributed by atoms with Gasteiger partial charge in [0.05, 0.1) is 28.4 Å². The van der Waals surface area contributed by atoms with Crippen LogP contribution in [0.4, 0.5) is 5.69 Å². The molecule has 0 saturated carbocycles. The second kappa shape index (κ2) is 12.5. The number of hydrogen-bond acceptors (Lipinski definition) is 6. The molecular formula is C25H21Cl2N3O5. The Balaban J connectivity index is 1.48. The van der Waals surface area contributed by atoms with E-state index in [1.54, 1.807) is 48.5 Å². The summed E-state index contributed by atoms with van der Waals surface area (Å²) in [7, 11) is 0. The number of hydrazone groups is 1.